The third kappa shape index (κ3) is 8.13. The quantitative estimate of drug-likeness (QED) is 0.163. The molecule has 0 unspecified atom stereocenters. The normalized spacial score (nSPS) is 24.2. The third-order valence-electron chi connectivity index (χ3n) is 7.94. The van der Waals surface area contributed by atoms with Crippen LogP contribution in [0.25, 0.3) is 0 Å². The first kappa shape index (κ1) is 32.5. The van der Waals surface area contributed by atoms with E-state index in [2.05, 4.69) is 0 Å². The second-order valence-corrected chi connectivity index (χ2v) is 11.4. The van der Waals surface area contributed by atoms with Crippen molar-refractivity contribution < 1.29 is 33.3 Å². The topological polar surface area (TPSA) is 80.3 Å². The van der Waals surface area contributed by atoms with Crippen LogP contribution in [-0.2, 0) is 53.1 Å². The zero-order valence-electron chi connectivity index (χ0n) is 25.4. The molecule has 0 heterocycles. The van der Waals surface area contributed by atoms with Crippen LogP contribution >= 0.6 is 0 Å². The van der Waals surface area contributed by atoms with E-state index in [4.69, 9.17) is 23.7 Å². The minimum absolute atomic E-state index is 0.0352. The van der Waals surface area contributed by atoms with E-state index in [1.807, 2.05) is 111 Å². The van der Waals surface area contributed by atoms with Gasteiger partial charge in [0.15, 0.2) is 5.78 Å². The molecule has 0 bridgehead atoms. The summed E-state index contributed by atoms with van der Waals surface area (Å²) in [5.41, 5.74) is 0.176. The van der Waals surface area contributed by atoms with Crippen LogP contribution in [0.2, 0.25) is 0 Å². The highest BCUT2D eigenvalue weighted by Crippen LogP contribution is 2.46. The maximum atomic E-state index is 14.7. The lowest BCUT2D eigenvalue weighted by molar-refractivity contribution is -0.213. The monoisotopic (exact) mass is 586 g/mol. The molecular formula is C36H42O7. The van der Waals surface area contributed by atoms with E-state index in [-0.39, 0.29) is 44.6 Å². The Labute approximate surface area is 254 Å². The summed E-state index contributed by atoms with van der Waals surface area (Å²) in [5, 5.41) is 0. The van der Waals surface area contributed by atoms with Gasteiger partial charge in [0.1, 0.15) is 36.5 Å². The molecule has 43 heavy (non-hydrogen) atoms. The number of methoxy groups -OCH3 is 1. The van der Waals surface area contributed by atoms with Crippen LogP contribution in [0, 0.1) is 5.41 Å². The van der Waals surface area contributed by atoms with E-state index in [9.17, 15) is 9.59 Å². The van der Waals surface area contributed by atoms with Crippen molar-refractivity contribution in [1.29, 1.82) is 0 Å². The molecule has 0 fully saturated rings. The molecule has 7 nitrogen and oxygen atoms in total. The minimum Gasteiger partial charge on any atom is -0.366 e. The van der Waals surface area contributed by atoms with Gasteiger partial charge in [0, 0.05) is 13.5 Å². The Morgan fingerprint density at radius 2 is 1.23 bits per heavy atom. The standard InChI is InChI=1S/C36H42O7/c1-27(37)22-36(43-25-30-18-12-7-13-19-30)32(40-23-28-14-8-5-9-15-28)21-20-31(42-26-39-4)33(34(38)35(36,2)3)41-24-29-16-10-6-11-17-29/h5-21,31-33H,22-26H2,1-4H3/b21-20-/t31-,32+,33+,36-/m1/s1. The van der Waals surface area contributed by atoms with E-state index < -0.39 is 29.3 Å². The lowest BCUT2D eigenvalue weighted by atomic mass is 9.63. The molecule has 4 atom stereocenters. The number of Topliss-reactive ketones (excluding diaryl/α,β-unsaturated/α-hetero) is 2. The van der Waals surface area contributed by atoms with Gasteiger partial charge in [-0.15, -0.1) is 0 Å². The van der Waals surface area contributed by atoms with Crippen LogP contribution in [0.5, 0.6) is 0 Å². The van der Waals surface area contributed by atoms with Crippen LogP contribution in [-0.4, -0.2) is 49.4 Å². The Morgan fingerprint density at radius 1 is 0.721 bits per heavy atom. The minimum atomic E-state index is -1.36. The molecule has 0 amide bonds. The van der Waals surface area contributed by atoms with Gasteiger partial charge in [0.2, 0.25) is 0 Å². The molecule has 0 saturated heterocycles. The van der Waals surface area contributed by atoms with Gasteiger partial charge < -0.3 is 23.7 Å². The van der Waals surface area contributed by atoms with Crippen molar-refractivity contribution in [2.24, 2.45) is 5.41 Å². The fourth-order valence-corrected chi connectivity index (χ4v) is 5.50. The zero-order valence-corrected chi connectivity index (χ0v) is 25.4. The van der Waals surface area contributed by atoms with Crippen molar-refractivity contribution in [1.82, 2.24) is 0 Å². The molecule has 0 aliphatic heterocycles. The highest BCUT2D eigenvalue weighted by atomic mass is 16.7. The Kier molecular flexibility index (Phi) is 11.6. The smallest absolute Gasteiger partial charge is 0.173 e. The molecule has 228 valence electrons. The second-order valence-electron chi connectivity index (χ2n) is 11.4. The Hall–Kier alpha value is -3.46. The van der Waals surface area contributed by atoms with Gasteiger partial charge in [0.25, 0.3) is 0 Å². The lowest BCUT2D eigenvalue weighted by Gasteiger charge is -2.51. The molecule has 4 rings (SSSR count). The zero-order chi connectivity index (χ0) is 30.7. The van der Waals surface area contributed by atoms with Gasteiger partial charge >= 0.3 is 0 Å². The molecule has 1 aliphatic rings. The number of ketones is 2. The van der Waals surface area contributed by atoms with Crippen molar-refractivity contribution >= 4 is 11.6 Å². The largest absolute Gasteiger partial charge is 0.366 e. The average Bonchev–Trinajstić information content (AvgIpc) is 3.02. The maximum absolute atomic E-state index is 14.7. The molecule has 3 aromatic carbocycles. The molecule has 1 aliphatic carbocycles. The molecule has 0 N–H and O–H groups in total. The van der Waals surface area contributed by atoms with E-state index in [0.29, 0.717) is 0 Å². The number of carbonyl (C=O) groups excluding carboxylic acids is 2. The average molecular weight is 587 g/mol. The van der Waals surface area contributed by atoms with Gasteiger partial charge in [-0.3, -0.25) is 9.59 Å². The van der Waals surface area contributed by atoms with Crippen molar-refractivity contribution in [3.63, 3.8) is 0 Å². The highest BCUT2D eigenvalue weighted by Gasteiger charge is 2.59. The Balaban J connectivity index is 1.79. The summed E-state index contributed by atoms with van der Waals surface area (Å²) in [5.74, 6) is -0.373. The van der Waals surface area contributed by atoms with Crippen LogP contribution in [0.15, 0.2) is 103 Å². The van der Waals surface area contributed by atoms with Crippen LogP contribution in [0.1, 0.15) is 43.9 Å². The predicted molar refractivity (Wildman–Crippen MR) is 164 cm³/mol. The first-order valence-corrected chi connectivity index (χ1v) is 14.6. The summed E-state index contributed by atoms with van der Waals surface area (Å²) in [7, 11) is 1.53. The number of rotatable bonds is 14. The fraction of sp³-hybridized carbons (Fsp3) is 0.389. The number of ether oxygens (including phenoxy) is 5. The lowest BCUT2D eigenvalue weighted by Crippen LogP contribution is -2.64. The molecule has 3 aromatic rings. The number of hydrogen-bond donors (Lipinski definition) is 0. The van der Waals surface area contributed by atoms with Gasteiger partial charge in [0.05, 0.1) is 25.2 Å². The summed E-state index contributed by atoms with van der Waals surface area (Å²) in [6, 6.07) is 29.1. The third-order valence-corrected chi connectivity index (χ3v) is 7.94. The van der Waals surface area contributed by atoms with Crippen molar-refractivity contribution in [2.75, 3.05) is 13.9 Å². The number of carbonyl (C=O) groups is 2. The first-order valence-electron chi connectivity index (χ1n) is 14.6. The molecule has 7 heteroatoms. The van der Waals surface area contributed by atoms with Gasteiger partial charge in [-0.25, -0.2) is 0 Å². The van der Waals surface area contributed by atoms with E-state index in [1.165, 1.54) is 14.0 Å². The van der Waals surface area contributed by atoms with E-state index in [1.54, 1.807) is 6.08 Å². The Morgan fingerprint density at radius 3 is 1.74 bits per heavy atom. The Bertz CT molecular complexity index is 1320. The molecule has 0 saturated carbocycles. The number of hydrogen-bond acceptors (Lipinski definition) is 7. The summed E-state index contributed by atoms with van der Waals surface area (Å²) < 4.78 is 30.9. The molecule has 0 aromatic heterocycles. The molecule has 0 spiro atoms. The summed E-state index contributed by atoms with van der Waals surface area (Å²) in [6.07, 6.45) is 1.05. The number of benzene rings is 3. The summed E-state index contributed by atoms with van der Waals surface area (Å²) in [4.78, 5) is 27.7. The van der Waals surface area contributed by atoms with Crippen LogP contribution in [0.4, 0.5) is 0 Å². The van der Waals surface area contributed by atoms with E-state index in [0.717, 1.165) is 16.7 Å². The summed E-state index contributed by atoms with van der Waals surface area (Å²) >= 11 is 0. The highest BCUT2D eigenvalue weighted by molar-refractivity contribution is 5.92. The summed E-state index contributed by atoms with van der Waals surface area (Å²) in [6.45, 7) is 5.74. The first-order chi connectivity index (χ1) is 20.8. The molecule has 0 radical (unpaired) electrons. The van der Waals surface area contributed by atoms with Gasteiger partial charge in [-0.05, 0) is 37.5 Å². The predicted octanol–water partition coefficient (Wildman–Crippen LogP) is 6.25. The van der Waals surface area contributed by atoms with Crippen LogP contribution < -0.4 is 0 Å². The van der Waals surface area contributed by atoms with E-state index >= 15 is 0 Å². The van der Waals surface area contributed by atoms with Gasteiger partial charge in [-0.1, -0.05) is 103 Å². The van der Waals surface area contributed by atoms with Gasteiger partial charge in [-0.2, -0.15) is 0 Å². The van der Waals surface area contributed by atoms with Crippen molar-refractivity contribution in [2.45, 2.75) is 70.9 Å². The maximum Gasteiger partial charge on any atom is 0.173 e. The second kappa shape index (κ2) is 15.3. The van der Waals surface area contributed by atoms with Crippen molar-refractivity contribution in [3.05, 3.63) is 120 Å². The fourth-order valence-electron chi connectivity index (χ4n) is 5.50. The molecular weight excluding hydrogens is 544 g/mol. The SMILES string of the molecule is COCO[C@@H]1/C=C\[C@H](OCc2ccccc2)[C@@](CC(C)=O)(OCc2ccccc2)C(C)(C)C(=O)[C@H]1OCc1ccccc1. The van der Waals surface area contributed by atoms with Crippen molar-refractivity contribution in [3.8, 4) is 0 Å². The van der Waals surface area contributed by atoms with Crippen LogP contribution in [0.3, 0.4) is 0 Å².